The second kappa shape index (κ2) is 7.12. The number of aliphatic imine (C=N–C) groups is 1. The first-order chi connectivity index (χ1) is 3.89. The molecule has 10 heavy (non-hydrogen) atoms. The second-order valence-electron chi connectivity index (χ2n) is 1.90. The van der Waals surface area contributed by atoms with Crippen LogP contribution in [0.5, 0.6) is 0 Å². The summed E-state index contributed by atoms with van der Waals surface area (Å²) in [6.07, 6.45) is 1.11. The molecule has 0 saturated heterocycles. The molecule has 5 heteroatoms. The van der Waals surface area contributed by atoms with Crippen molar-refractivity contribution in [3.05, 3.63) is 0 Å². The third-order valence-electron chi connectivity index (χ3n) is 1.13. The molecule has 0 spiro atoms. The van der Waals surface area contributed by atoms with Gasteiger partial charge in [-0.15, -0.1) is 24.8 Å². The number of amidine groups is 1. The van der Waals surface area contributed by atoms with Gasteiger partial charge in [-0.3, -0.25) is 4.99 Å². The van der Waals surface area contributed by atoms with Crippen molar-refractivity contribution in [1.82, 2.24) is 5.32 Å². The Labute approximate surface area is 73.3 Å². The Morgan fingerprint density at radius 3 is 2.80 bits per heavy atom. The molecule has 1 heterocycles. The van der Waals surface area contributed by atoms with Crippen LogP contribution in [0, 0.1) is 0 Å². The molecule has 1 aliphatic rings. The van der Waals surface area contributed by atoms with Gasteiger partial charge in [0, 0.05) is 6.54 Å². The van der Waals surface area contributed by atoms with Gasteiger partial charge in [0.25, 0.3) is 0 Å². The van der Waals surface area contributed by atoms with Crippen LogP contribution in [0.2, 0.25) is 0 Å². The van der Waals surface area contributed by atoms with E-state index in [9.17, 15) is 0 Å². The molecule has 0 aromatic heterocycles. The van der Waals surface area contributed by atoms with Crippen molar-refractivity contribution < 1.29 is 0 Å². The molecule has 0 bridgehead atoms. The number of nitrogens with two attached hydrogens (primary N) is 1. The number of nitrogens with zero attached hydrogens (tertiary/aromatic N) is 1. The molecule has 0 fully saturated rings. The first-order valence-electron chi connectivity index (χ1n) is 2.89. The van der Waals surface area contributed by atoms with Crippen molar-refractivity contribution in [2.24, 2.45) is 10.7 Å². The van der Waals surface area contributed by atoms with E-state index in [4.69, 9.17) is 5.73 Å². The van der Waals surface area contributed by atoms with Gasteiger partial charge in [0.15, 0.2) is 0 Å². The van der Waals surface area contributed by atoms with E-state index >= 15 is 0 Å². The van der Waals surface area contributed by atoms with E-state index in [1.807, 2.05) is 0 Å². The molecule has 3 N–H and O–H groups in total. The smallest absolute Gasteiger partial charge is 0.108 e. The van der Waals surface area contributed by atoms with Crippen LogP contribution in [-0.4, -0.2) is 25.5 Å². The first kappa shape index (κ1) is 12.7. The maximum Gasteiger partial charge on any atom is 0.108 e. The maximum absolute atomic E-state index is 5.42. The van der Waals surface area contributed by atoms with Gasteiger partial charge in [-0.25, -0.2) is 0 Å². The van der Waals surface area contributed by atoms with Crippen LogP contribution in [0.15, 0.2) is 4.99 Å². The quantitative estimate of drug-likeness (QED) is 0.567. The van der Waals surface area contributed by atoms with Gasteiger partial charge in [0.2, 0.25) is 0 Å². The highest BCUT2D eigenvalue weighted by Gasteiger charge is 1.95. The van der Waals surface area contributed by atoms with Crippen molar-refractivity contribution in [3.63, 3.8) is 0 Å². The summed E-state index contributed by atoms with van der Waals surface area (Å²) in [5, 5.41) is 3.14. The largest absolute Gasteiger partial charge is 0.386 e. The minimum atomic E-state index is 0. The molecular formula is C5H13Cl2N3. The molecule has 3 nitrogen and oxygen atoms in total. The Balaban J connectivity index is 0. The van der Waals surface area contributed by atoms with Gasteiger partial charge in [-0.1, -0.05) is 0 Å². The number of nitrogens with one attached hydrogen (secondary N) is 1. The zero-order valence-corrected chi connectivity index (χ0v) is 7.30. The van der Waals surface area contributed by atoms with E-state index < -0.39 is 0 Å². The fourth-order valence-corrected chi connectivity index (χ4v) is 0.699. The zero-order valence-electron chi connectivity index (χ0n) is 5.67. The fourth-order valence-electron chi connectivity index (χ4n) is 0.699. The molecule has 0 radical (unpaired) electrons. The minimum absolute atomic E-state index is 0. The molecule has 0 atom stereocenters. The van der Waals surface area contributed by atoms with Crippen molar-refractivity contribution in [3.8, 4) is 0 Å². The second-order valence-corrected chi connectivity index (χ2v) is 1.90. The molecule has 0 aliphatic carbocycles. The molecule has 1 rings (SSSR count). The Bertz CT molecular complexity index is 105. The SMILES string of the molecule is Cl.Cl.NC1=NCCCNC1. The molecule has 1 aliphatic heterocycles. The van der Waals surface area contributed by atoms with Crippen LogP contribution >= 0.6 is 24.8 Å². The fraction of sp³-hybridized carbons (Fsp3) is 0.800. The van der Waals surface area contributed by atoms with Gasteiger partial charge < -0.3 is 11.1 Å². The summed E-state index contributed by atoms with van der Waals surface area (Å²) in [7, 11) is 0. The molecule has 0 amide bonds. The van der Waals surface area contributed by atoms with Crippen LogP contribution in [0.1, 0.15) is 6.42 Å². The molecule has 0 aromatic rings. The monoisotopic (exact) mass is 185 g/mol. The summed E-state index contributed by atoms with van der Waals surface area (Å²) in [6, 6.07) is 0. The predicted molar refractivity (Wildman–Crippen MR) is 48.5 cm³/mol. The average Bonchev–Trinajstić information content (AvgIpc) is 1.94. The lowest BCUT2D eigenvalue weighted by Gasteiger charge is -1.94. The normalized spacial score (nSPS) is 17.4. The summed E-state index contributed by atoms with van der Waals surface area (Å²) in [4.78, 5) is 4.06. The van der Waals surface area contributed by atoms with E-state index in [0.29, 0.717) is 0 Å². The van der Waals surface area contributed by atoms with Crippen molar-refractivity contribution >= 4 is 30.6 Å². The summed E-state index contributed by atoms with van der Waals surface area (Å²) >= 11 is 0. The Morgan fingerprint density at radius 2 is 2.10 bits per heavy atom. The lowest BCUT2D eigenvalue weighted by atomic mass is 10.4. The standard InChI is InChI=1S/C5H11N3.2ClH/c6-5-4-7-2-1-3-8-5;;/h7H,1-4H2,(H2,6,8);2*1H. The molecule has 0 saturated carbocycles. The zero-order chi connectivity index (χ0) is 5.82. The van der Waals surface area contributed by atoms with Crippen molar-refractivity contribution in [2.75, 3.05) is 19.6 Å². The van der Waals surface area contributed by atoms with E-state index in [2.05, 4.69) is 10.3 Å². The topological polar surface area (TPSA) is 50.4 Å². The number of rotatable bonds is 0. The number of hydrogen-bond acceptors (Lipinski definition) is 3. The minimum Gasteiger partial charge on any atom is -0.386 e. The molecule has 0 unspecified atom stereocenters. The average molecular weight is 186 g/mol. The summed E-state index contributed by atoms with van der Waals surface area (Å²) < 4.78 is 0. The van der Waals surface area contributed by atoms with Gasteiger partial charge in [0.05, 0.1) is 6.54 Å². The van der Waals surface area contributed by atoms with Crippen molar-refractivity contribution in [1.29, 1.82) is 0 Å². The first-order valence-corrected chi connectivity index (χ1v) is 2.89. The van der Waals surface area contributed by atoms with Crippen LogP contribution in [0.25, 0.3) is 0 Å². The van der Waals surface area contributed by atoms with Crippen LogP contribution in [-0.2, 0) is 0 Å². The van der Waals surface area contributed by atoms with Gasteiger partial charge in [-0.05, 0) is 13.0 Å². The summed E-state index contributed by atoms with van der Waals surface area (Å²) in [6.45, 7) is 2.70. The van der Waals surface area contributed by atoms with Gasteiger partial charge >= 0.3 is 0 Å². The van der Waals surface area contributed by atoms with Crippen LogP contribution < -0.4 is 11.1 Å². The lowest BCUT2D eigenvalue weighted by Crippen LogP contribution is -2.27. The Hall–Kier alpha value is 0.01000. The van der Waals surface area contributed by atoms with Crippen LogP contribution in [0.3, 0.4) is 0 Å². The molecular weight excluding hydrogens is 173 g/mol. The van der Waals surface area contributed by atoms with Crippen molar-refractivity contribution in [2.45, 2.75) is 6.42 Å². The van der Waals surface area contributed by atoms with E-state index in [1.54, 1.807) is 0 Å². The number of halogens is 2. The van der Waals surface area contributed by atoms with Gasteiger partial charge in [-0.2, -0.15) is 0 Å². The molecule has 62 valence electrons. The van der Waals surface area contributed by atoms with E-state index in [0.717, 1.165) is 31.9 Å². The molecule has 0 aromatic carbocycles. The lowest BCUT2D eigenvalue weighted by molar-refractivity contribution is 0.734. The van der Waals surface area contributed by atoms with E-state index in [-0.39, 0.29) is 24.8 Å². The highest BCUT2D eigenvalue weighted by atomic mass is 35.5. The predicted octanol–water partition coefficient (Wildman–Crippen LogP) is 0.180. The summed E-state index contributed by atoms with van der Waals surface area (Å²) in [5.74, 6) is 0.738. The maximum atomic E-state index is 5.42. The Kier molecular flexibility index (Phi) is 9.02. The number of hydrogen-bond donors (Lipinski definition) is 2. The summed E-state index contributed by atoms with van der Waals surface area (Å²) in [5.41, 5.74) is 5.42. The van der Waals surface area contributed by atoms with Gasteiger partial charge in [0.1, 0.15) is 5.84 Å². The third kappa shape index (κ3) is 4.85. The third-order valence-corrected chi connectivity index (χ3v) is 1.13. The highest BCUT2D eigenvalue weighted by molar-refractivity contribution is 5.85. The van der Waals surface area contributed by atoms with Crippen LogP contribution in [0.4, 0.5) is 0 Å². The van der Waals surface area contributed by atoms with E-state index in [1.165, 1.54) is 0 Å². The highest BCUT2D eigenvalue weighted by Crippen LogP contribution is 1.83. The Morgan fingerprint density at radius 1 is 1.40 bits per heavy atom.